The zero-order valence-corrected chi connectivity index (χ0v) is 9.24. The highest BCUT2D eigenvalue weighted by atomic mass is 19.4. The van der Waals surface area contributed by atoms with Crippen LogP contribution < -0.4 is 0 Å². The molecule has 0 saturated heterocycles. The normalized spacial score (nSPS) is 16.3. The zero-order chi connectivity index (χ0) is 13.3. The lowest BCUT2D eigenvalue weighted by Gasteiger charge is -2.19. The van der Waals surface area contributed by atoms with Gasteiger partial charge in [-0.05, 0) is 18.1 Å². The third kappa shape index (κ3) is 2.13. The molecule has 1 aliphatic carbocycles. The first-order valence-corrected chi connectivity index (χ1v) is 5.12. The molecule has 0 N–H and O–H groups in total. The van der Waals surface area contributed by atoms with Gasteiger partial charge >= 0.3 is 6.18 Å². The van der Waals surface area contributed by atoms with Gasteiger partial charge < -0.3 is 0 Å². The fourth-order valence-corrected chi connectivity index (χ4v) is 1.74. The molecule has 0 saturated carbocycles. The van der Waals surface area contributed by atoms with Crippen LogP contribution in [0, 0.1) is 0 Å². The summed E-state index contributed by atoms with van der Waals surface area (Å²) in [6.45, 7) is 3.37. The Kier molecular flexibility index (Phi) is 2.94. The van der Waals surface area contributed by atoms with Crippen molar-refractivity contribution in [3.63, 3.8) is 0 Å². The highest BCUT2D eigenvalue weighted by Gasteiger charge is 2.40. The molecule has 0 amide bonds. The van der Waals surface area contributed by atoms with Crippen LogP contribution in [0.2, 0.25) is 0 Å². The van der Waals surface area contributed by atoms with Gasteiger partial charge in [0.1, 0.15) is 0 Å². The molecule has 6 heteroatoms. The maximum absolute atomic E-state index is 12.9. The monoisotopic (exact) mass is 254 g/mol. The van der Waals surface area contributed by atoms with Crippen molar-refractivity contribution in [2.24, 2.45) is 0 Å². The molecule has 1 aromatic heterocycles. The minimum Gasteiger partial charge on any atom is -0.267 e. The third-order valence-electron chi connectivity index (χ3n) is 2.50. The van der Waals surface area contributed by atoms with Crippen LogP contribution in [0.5, 0.6) is 0 Å². The van der Waals surface area contributed by atoms with Crippen LogP contribution in [0.3, 0.4) is 0 Å². The summed E-state index contributed by atoms with van der Waals surface area (Å²) in [6, 6.07) is 1.47. The molecule has 1 aliphatic rings. The van der Waals surface area contributed by atoms with Crippen molar-refractivity contribution in [2.75, 3.05) is 0 Å². The molecule has 0 spiro atoms. The van der Waals surface area contributed by atoms with E-state index in [-0.39, 0.29) is 12.0 Å². The van der Waals surface area contributed by atoms with Crippen LogP contribution >= 0.6 is 0 Å². The second-order valence-electron chi connectivity index (χ2n) is 3.75. The Balaban J connectivity index is 2.54. The SMILES string of the molecule is C=C1CC=CC(C(=O)n2cccn2)=C1C(F)(F)F. The summed E-state index contributed by atoms with van der Waals surface area (Å²) < 4.78 is 39.6. The van der Waals surface area contributed by atoms with Crippen LogP contribution in [-0.4, -0.2) is 21.9 Å². The predicted octanol–water partition coefficient (Wildman–Crippen LogP) is 2.90. The average Bonchev–Trinajstić information content (AvgIpc) is 2.79. The van der Waals surface area contributed by atoms with Crippen molar-refractivity contribution in [3.8, 4) is 0 Å². The molecule has 0 aromatic carbocycles. The molecule has 2 rings (SSSR count). The van der Waals surface area contributed by atoms with E-state index in [1.54, 1.807) is 0 Å². The summed E-state index contributed by atoms with van der Waals surface area (Å²) >= 11 is 0. The van der Waals surface area contributed by atoms with Crippen LogP contribution in [0.1, 0.15) is 11.2 Å². The largest absolute Gasteiger partial charge is 0.417 e. The molecule has 0 radical (unpaired) electrons. The van der Waals surface area contributed by atoms with Gasteiger partial charge in [0, 0.05) is 12.4 Å². The molecule has 0 unspecified atom stereocenters. The molecular formula is C12H9F3N2O. The van der Waals surface area contributed by atoms with E-state index in [0.717, 1.165) is 4.68 Å². The molecule has 1 aromatic rings. The predicted molar refractivity (Wildman–Crippen MR) is 58.8 cm³/mol. The first-order valence-electron chi connectivity index (χ1n) is 5.12. The second kappa shape index (κ2) is 4.29. The number of aromatic nitrogens is 2. The lowest BCUT2D eigenvalue weighted by Crippen LogP contribution is -2.23. The number of alkyl halides is 3. The molecule has 0 aliphatic heterocycles. The number of nitrogens with zero attached hydrogens (tertiary/aromatic N) is 2. The Hall–Kier alpha value is -2.11. The van der Waals surface area contributed by atoms with Crippen molar-refractivity contribution in [1.29, 1.82) is 0 Å². The molecule has 0 bridgehead atoms. The Morgan fingerprint density at radius 1 is 1.44 bits per heavy atom. The maximum Gasteiger partial charge on any atom is 0.417 e. The van der Waals surface area contributed by atoms with E-state index < -0.39 is 23.2 Å². The summed E-state index contributed by atoms with van der Waals surface area (Å²) in [6.07, 6.45) is 0.766. The van der Waals surface area contributed by atoms with Gasteiger partial charge in [-0.1, -0.05) is 18.7 Å². The van der Waals surface area contributed by atoms with Gasteiger partial charge in [0.15, 0.2) is 0 Å². The quantitative estimate of drug-likeness (QED) is 0.772. The van der Waals surface area contributed by atoms with Gasteiger partial charge in [0.2, 0.25) is 0 Å². The van der Waals surface area contributed by atoms with E-state index in [9.17, 15) is 18.0 Å². The first kappa shape index (κ1) is 12.3. The van der Waals surface area contributed by atoms with Crippen molar-refractivity contribution < 1.29 is 18.0 Å². The first-order chi connectivity index (χ1) is 8.41. The number of hydrogen-bond donors (Lipinski definition) is 0. The van der Waals surface area contributed by atoms with E-state index in [4.69, 9.17) is 0 Å². The summed E-state index contributed by atoms with van der Waals surface area (Å²) in [7, 11) is 0. The lowest BCUT2D eigenvalue weighted by molar-refractivity contribution is -0.0901. The van der Waals surface area contributed by atoms with Gasteiger partial charge in [0.05, 0.1) is 11.1 Å². The molecule has 0 fully saturated rings. The number of rotatable bonds is 1. The lowest BCUT2D eigenvalue weighted by atomic mass is 9.92. The van der Waals surface area contributed by atoms with E-state index >= 15 is 0 Å². The number of allylic oxidation sites excluding steroid dienone is 5. The van der Waals surface area contributed by atoms with E-state index in [2.05, 4.69) is 11.7 Å². The van der Waals surface area contributed by atoms with Gasteiger partial charge in [-0.2, -0.15) is 18.3 Å². The Bertz CT molecular complexity index is 550. The van der Waals surface area contributed by atoms with E-state index in [1.165, 1.54) is 30.6 Å². The third-order valence-corrected chi connectivity index (χ3v) is 2.50. The maximum atomic E-state index is 12.9. The van der Waals surface area contributed by atoms with Crippen LogP contribution in [0.25, 0.3) is 0 Å². The van der Waals surface area contributed by atoms with Gasteiger partial charge in [-0.3, -0.25) is 4.79 Å². The zero-order valence-electron chi connectivity index (χ0n) is 9.24. The molecule has 3 nitrogen and oxygen atoms in total. The van der Waals surface area contributed by atoms with Crippen LogP contribution in [0.4, 0.5) is 13.2 Å². The summed E-state index contributed by atoms with van der Waals surface area (Å²) in [5.74, 6) is -0.815. The smallest absolute Gasteiger partial charge is 0.267 e. The van der Waals surface area contributed by atoms with E-state index in [1.807, 2.05) is 0 Å². The van der Waals surface area contributed by atoms with Crippen molar-refractivity contribution in [2.45, 2.75) is 12.6 Å². The fraction of sp³-hybridized carbons (Fsp3) is 0.167. The minimum absolute atomic E-state index is 0.0880. The standard InChI is InChI=1S/C12H9F3N2O/c1-8-4-2-5-9(10(8)12(13,14)15)11(18)17-7-3-6-16-17/h2-3,5-7H,1,4H2. The summed E-state index contributed by atoms with van der Waals surface area (Å²) in [5, 5.41) is 3.63. The molecule has 1 heterocycles. The average molecular weight is 254 g/mol. The Morgan fingerprint density at radius 3 is 2.72 bits per heavy atom. The van der Waals surface area contributed by atoms with Crippen molar-refractivity contribution >= 4 is 5.91 Å². The number of carbonyl (C=O) groups is 1. The van der Waals surface area contributed by atoms with Crippen molar-refractivity contribution in [1.82, 2.24) is 9.78 Å². The fourth-order valence-electron chi connectivity index (χ4n) is 1.74. The Morgan fingerprint density at radius 2 is 2.17 bits per heavy atom. The highest BCUT2D eigenvalue weighted by Crippen LogP contribution is 2.37. The van der Waals surface area contributed by atoms with Crippen molar-refractivity contribution in [3.05, 3.63) is 53.9 Å². The molecule has 0 atom stereocenters. The highest BCUT2D eigenvalue weighted by molar-refractivity contribution is 5.99. The second-order valence-corrected chi connectivity index (χ2v) is 3.75. The summed E-state index contributed by atoms with van der Waals surface area (Å²) in [4.78, 5) is 11.9. The van der Waals surface area contributed by atoms with Gasteiger partial charge in [-0.15, -0.1) is 0 Å². The number of halogens is 3. The topological polar surface area (TPSA) is 34.9 Å². The minimum atomic E-state index is -4.60. The van der Waals surface area contributed by atoms with E-state index in [0.29, 0.717) is 0 Å². The van der Waals surface area contributed by atoms with Gasteiger partial charge in [-0.25, -0.2) is 4.68 Å². The van der Waals surface area contributed by atoms with Crippen LogP contribution in [-0.2, 0) is 0 Å². The Labute approximate surface area is 101 Å². The number of hydrogen-bond acceptors (Lipinski definition) is 2. The molecule has 18 heavy (non-hydrogen) atoms. The van der Waals surface area contributed by atoms with Crippen LogP contribution in [0.15, 0.2) is 53.9 Å². The summed E-state index contributed by atoms with van der Waals surface area (Å²) in [5.41, 5.74) is -1.51. The van der Waals surface area contributed by atoms with Gasteiger partial charge in [0.25, 0.3) is 5.91 Å². The molecule has 94 valence electrons. The molecular weight excluding hydrogens is 245 g/mol. The number of carbonyl (C=O) groups excluding carboxylic acids is 1.